The molecule has 0 radical (unpaired) electrons. The van der Waals surface area contributed by atoms with Crippen molar-refractivity contribution in [2.24, 2.45) is 0 Å². The molecule has 0 spiro atoms. The molecule has 1 amide bonds. The third-order valence-corrected chi connectivity index (χ3v) is 2.97. The Balaban J connectivity index is 2.29. The quantitative estimate of drug-likeness (QED) is 0.858. The largest absolute Gasteiger partial charge is 0.396 e. The van der Waals surface area contributed by atoms with Crippen LogP contribution in [0.15, 0.2) is 6.20 Å². The van der Waals surface area contributed by atoms with Gasteiger partial charge in [0.25, 0.3) is 5.91 Å². The zero-order chi connectivity index (χ0) is 12.6. The van der Waals surface area contributed by atoms with Gasteiger partial charge in [0.15, 0.2) is 5.69 Å². The predicted octanol–water partition coefficient (Wildman–Crippen LogP) is 1.42. The van der Waals surface area contributed by atoms with Gasteiger partial charge in [-0.1, -0.05) is 13.8 Å². The van der Waals surface area contributed by atoms with Crippen LogP contribution in [0.3, 0.4) is 0 Å². The van der Waals surface area contributed by atoms with Crippen LogP contribution in [0.1, 0.15) is 48.9 Å². The molecule has 1 aliphatic rings. The van der Waals surface area contributed by atoms with Gasteiger partial charge < -0.3 is 10.6 Å². The molecule has 1 fully saturated rings. The first-order valence-corrected chi connectivity index (χ1v) is 5.90. The van der Waals surface area contributed by atoms with Gasteiger partial charge in [0.1, 0.15) is 5.82 Å². The lowest BCUT2D eigenvalue weighted by molar-refractivity contribution is 0.0780. The summed E-state index contributed by atoms with van der Waals surface area (Å²) in [6.07, 6.45) is 3.67. The Kier molecular flexibility index (Phi) is 3.00. The van der Waals surface area contributed by atoms with E-state index in [1.165, 1.54) is 6.20 Å². The van der Waals surface area contributed by atoms with Crippen molar-refractivity contribution in [3.63, 3.8) is 0 Å². The van der Waals surface area contributed by atoms with E-state index < -0.39 is 0 Å². The number of anilines is 1. The maximum atomic E-state index is 12.2. The Hall–Kier alpha value is -1.65. The van der Waals surface area contributed by atoms with Crippen LogP contribution in [0.5, 0.6) is 0 Å². The average molecular weight is 234 g/mol. The second-order valence-corrected chi connectivity index (χ2v) is 4.83. The molecule has 0 saturated heterocycles. The van der Waals surface area contributed by atoms with Crippen LogP contribution < -0.4 is 5.73 Å². The minimum Gasteiger partial charge on any atom is -0.396 e. The first-order chi connectivity index (χ1) is 8.00. The standard InChI is InChI=1S/C12H18N4O/c1-7(2)11-14-6-9(13)10(15-11)12(17)16(3)8-4-5-8/h6-8H,4-5,13H2,1-3H3. The molecule has 0 atom stereocenters. The molecule has 2 N–H and O–H groups in total. The fraction of sp³-hybridized carbons (Fsp3) is 0.583. The molecule has 2 rings (SSSR count). The number of nitrogens with two attached hydrogens (primary N) is 1. The van der Waals surface area contributed by atoms with Gasteiger partial charge in [0, 0.05) is 19.0 Å². The summed E-state index contributed by atoms with van der Waals surface area (Å²) in [4.78, 5) is 22.3. The van der Waals surface area contributed by atoms with Crippen molar-refractivity contribution in [2.45, 2.75) is 38.6 Å². The highest BCUT2D eigenvalue weighted by molar-refractivity contribution is 5.97. The number of hydrogen-bond donors (Lipinski definition) is 1. The third-order valence-electron chi connectivity index (χ3n) is 2.97. The predicted molar refractivity (Wildman–Crippen MR) is 65.6 cm³/mol. The van der Waals surface area contributed by atoms with Gasteiger partial charge in [-0.2, -0.15) is 0 Å². The lowest BCUT2D eigenvalue weighted by Crippen LogP contribution is -2.30. The van der Waals surface area contributed by atoms with E-state index in [-0.39, 0.29) is 11.8 Å². The van der Waals surface area contributed by atoms with E-state index in [2.05, 4.69) is 9.97 Å². The minimum absolute atomic E-state index is 0.102. The summed E-state index contributed by atoms with van der Waals surface area (Å²) in [5.74, 6) is 0.745. The van der Waals surface area contributed by atoms with Crippen molar-refractivity contribution in [1.29, 1.82) is 0 Å². The summed E-state index contributed by atoms with van der Waals surface area (Å²) >= 11 is 0. The molecule has 0 bridgehead atoms. The summed E-state index contributed by atoms with van der Waals surface area (Å²) in [5, 5.41) is 0. The topological polar surface area (TPSA) is 72.1 Å². The van der Waals surface area contributed by atoms with E-state index in [9.17, 15) is 4.79 Å². The lowest BCUT2D eigenvalue weighted by atomic mass is 10.2. The Morgan fingerprint density at radius 2 is 2.18 bits per heavy atom. The van der Waals surface area contributed by atoms with Crippen molar-refractivity contribution in [2.75, 3.05) is 12.8 Å². The summed E-state index contributed by atoms with van der Waals surface area (Å²) in [7, 11) is 1.80. The number of carbonyl (C=O) groups is 1. The molecule has 0 aliphatic heterocycles. The molecule has 0 aromatic carbocycles. The van der Waals surface area contributed by atoms with Crippen LogP contribution in [0.2, 0.25) is 0 Å². The molecule has 0 unspecified atom stereocenters. The molecule has 17 heavy (non-hydrogen) atoms. The maximum Gasteiger partial charge on any atom is 0.274 e. The number of nitrogens with zero attached hydrogens (tertiary/aromatic N) is 3. The van der Waals surface area contributed by atoms with Crippen LogP contribution in [-0.2, 0) is 0 Å². The molecular formula is C12H18N4O. The molecule has 1 aliphatic carbocycles. The monoisotopic (exact) mass is 234 g/mol. The SMILES string of the molecule is CC(C)c1ncc(N)c(C(=O)N(C)C2CC2)n1. The highest BCUT2D eigenvalue weighted by atomic mass is 16.2. The number of carbonyl (C=O) groups excluding carboxylic acids is 1. The zero-order valence-corrected chi connectivity index (χ0v) is 10.5. The number of nitrogen functional groups attached to an aromatic ring is 1. The smallest absolute Gasteiger partial charge is 0.274 e. The van der Waals surface area contributed by atoms with Gasteiger partial charge in [-0.05, 0) is 12.8 Å². The Morgan fingerprint density at radius 3 is 2.71 bits per heavy atom. The fourth-order valence-corrected chi connectivity index (χ4v) is 1.65. The minimum atomic E-state index is -0.102. The normalized spacial score (nSPS) is 15.1. The third kappa shape index (κ3) is 2.38. The lowest BCUT2D eigenvalue weighted by Gasteiger charge is -2.17. The van der Waals surface area contributed by atoms with Gasteiger partial charge >= 0.3 is 0 Å². The van der Waals surface area contributed by atoms with Crippen LogP contribution in [0.4, 0.5) is 5.69 Å². The van der Waals surface area contributed by atoms with Crippen molar-refractivity contribution in [3.8, 4) is 0 Å². The number of amides is 1. The molecule has 1 aromatic rings. The Bertz CT molecular complexity index is 440. The molecule has 1 aromatic heterocycles. The van der Waals surface area contributed by atoms with E-state index in [1.807, 2.05) is 13.8 Å². The first-order valence-electron chi connectivity index (χ1n) is 5.90. The van der Waals surface area contributed by atoms with Crippen LogP contribution in [-0.4, -0.2) is 33.9 Å². The molecule has 1 saturated carbocycles. The van der Waals surface area contributed by atoms with Crippen molar-refractivity contribution in [3.05, 3.63) is 17.7 Å². The van der Waals surface area contributed by atoms with Crippen LogP contribution in [0, 0.1) is 0 Å². The first kappa shape index (κ1) is 11.8. The maximum absolute atomic E-state index is 12.2. The van der Waals surface area contributed by atoms with Gasteiger partial charge in [-0.15, -0.1) is 0 Å². The molecule has 92 valence electrons. The number of aromatic nitrogens is 2. The average Bonchev–Trinajstić information content (AvgIpc) is 3.11. The summed E-state index contributed by atoms with van der Waals surface area (Å²) in [6.45, 7) is 3.98. The summed E-state index contributed by atoms with van der Waals surface area (Å²) in [5.41, 5.74) is 6.46. The van der Waals surface area contributed by atoms with Gasteiger partial charge in [0.2, 0.25) is 0 Å². The van der Waals surface area contributed by atoms with Crippen molar-refractivity contribution >= 4 is 11.6 Å². The highest BCUT2D eigenvalue weighted by Crippen LogP contribution is 2.27. The molecular weight excluding hydrogens is 216 g/mol. The van der Waals surface area contributed by atoms with Gasteiger partial charge in [0.05, 0.1) is 11.9 Å². The van der Waals surface area contributed by atoms with Crippen LogP contribution in [0.25, 0.3) is 0 Å². The number of rotatable bonds is 3. The van der Waals surface area contributed by atoms with E-state index >= 15 is 0 Å². The zero-order valence-electron chi connectivity index (χ0n) is 10.5. The summed E-state index contributed by atoms with van der Waals surface area (Å²) < 4.78 is 0. The van der Waals surface area contributed by atoms with E-state index in [0.29, 0.717) is 23.2 Å². The van der Waals surface area contributed by atoms with Gasteiger partial charge in [-0.3, -0.25) is 4.79 Å². The fourth-order valence-electron chi connectivity index (χ4n) is 1.65. The van der Waals surface area contributed by atoms with Crippen molar-refractivity contribution < 1.29 is 4.79 Å². The van der Waals surface area contributed by atoms with Gasteiger partial charge in [-0.25, -0.2) is 9.97 Å². The molecule has 5 nitrogen and oxygen atoms in total. The second kappa shape index (κ2) is 4.31. The second-order valence-electron chi connectivity index (χ2n) is 4.83. The van der Waals surface area contributed by atoms with Crippen molar-refractivity contribution in [1.82, 2.24) is 14.9 Å². The van der Waals surface area contributed by atoms with E-state index in [1.54, 1.807) is 11.9 Å². The Morgan fingerprint density at radius 1 is 1.53 bits per heavy atom. The molecule has 5 heteroatoms. The van der Waals surface area contributed by atoms with E-state index in [0.717, 1.165) is 12.8 Å². The number of hydrogen-bond acceptors (Lipinski definition) is 4. The summed E-state index contributed by atoms with van der Waals surface area (Å²) in [6, 6.07) is 0.361. The highest BCUT2D eigenvalue weighted by Gasteiger charge is 2.31. The molecule has 1 heterocycles. The van der Waals surface area contributed by atoms with Crippen LogP contribution >= 0.6 is 0 Å². The Labute approximate surface area is 101 Å². The van der Waals surface area contributed by atoms with E-state index in [4.69, 9.17) is 5.73 Å².